The predicted molar refractivity (Wildman–Crippen MR) is 113 cm³/mol. The Labute approximate surface area is 174 Å². The second-order valence-corrected chi connectivity index (χ2v) is 10.2. The summed E-state index contributed by atoms with van der Waals surface area (Å²) in [5.74, 6) is 0.212. The van der Waals surface area contributed by atoms with Gasteiger partial charge in [-0.1, -0.05) is 6.07 Å². The van der Waals surface area contributed by atoms with Crippen molar-refractivity contribution in [3.05, 3.63) is 42.0 Å². The molecule has 0 saturated carbocycles. The molecule has 0 saturated heterocycles. The van der Waals surface area contributed by atoms with E-state index in [1.807, 2.05) is 13.0 Å². The van der Waals surface area contributed by atoms with Crippen LogP contribution in [0, 0.1) is 6.92 Å². The summed E-state index contributed by atoms with van der Waals surface area (Å²) < 4.78 is 31.1. The molecular formula is C20H22N2O5S2. The molecule has 0 aromatic heterocycles. The molecule has 2 amide bonds. The normalized spacial score (nSPS) is 14.5. The van der Waals surface area contributed by atoms with Gasteiger partial charge in [0.05, 0.1) is 34.4 Å². The second kappa shape index (κ2) is 8.46. The number of nitrogens with one attached hydrogen (secondary N) is 2. The largest absolute Gasteiger partial charge is 0.495 e. The van der Waals surface area contributed by atoms with E-state index in [9.17, 15) is 18.0 Å². The number of rotatable bonds is 6. The van der Waals surface area contributed by atoms with E-state index < -0.39 is 21.0 Å². The van der Waals surface area contributed by atoms with Gasteiger partial charge in [0.15, 0.2) is 9.84 Å². The number of hydrogen-bond donors (Lipinski definition) is 2. The summed E-state index contributed by atoms with van der Waals surface area (Å²) in [6.07, 6.45) is -0.211. The first kappa shape index (κ1) is 21.2. The molecule has 2 aromatic rings. The third-order valence-corrected chi connectivity index (χ3v) is 7.75. The fourth-order valence-electron chi connectivity index (χ4n) is 2.96. The molecular weight excluding hydrogens is 412 g/mol. The molecule has 2 N–H and O–H groups in total. The maximum Gasteiger partial charge on any atom is 0.234 e. The molecule has 154 valence electrons. The summed E-state index contributed by atoms with van der Waals surface area (Å²) in [6, 6.07) is 10.00. The van der Waals surface area contributed by atoms with Crippen LogP contribution in [0.2, 0.25) is 0 Å². The van der Waals surface area contributed by atoms with Gasteiger partial charge in [0.1, 0.15) is 5.75 Å². The highest BCUT2D eigenvalue weighted by atomic mass is 32.2. The smallest absolute Gasteiger partial charge is 0.234 e. The van der Waals surface area contributed by atoms with E-state index in [0.29, 0.717) is 22.9 Å². The van der Waals surface area contributed by atoms with Crippen LogP contribution >= 0.6 is 11.8 Å². The monoisotopic (exact) mass is 434 g/mol. The Morgan fingerprint density at radius 3 is 2.76 bits per heavy atom. The van der Waals surface area contributed by atoms with Gasteiger partial charge in [-0.15, -0.1) is 11.8 Å². The van der Waals surface area contributed by atoms with Gasteiger partial charge in [-0.05, 0) is 49.7 Å². The van der Waals surface area contributed by atoms with Gasteiger partial charge in [-0.2, -0.15) is 0 Å². The van der Waals surface area contributed by atoms with Gasteiger partial charge in [0.25, 0.3) is 0 Å². The zero-order valence-electron chi connectivity index (χ0n) is 16.3. The molecule has 0 spiro atoms. The Bertz CT molecular complexity index is 1070. The quantitative estimate of drug-likeness (QED) is 0.724. The Kier molecular flexibility index (Phi) is 6.18. The second-order valence-electron chi connectivity index (χ2n) is 6.81. The molecule has 0 aliphatic carbocycles. The first-order valence-electron chi connectivity index (χ1n) is 8.96. The number of hydrogen-bond acceptors (Lipinski definition) is 6. The van der Waals surface area contributed by atoms with Crippen LogP contribution in [0.5, 0.6) is 5.75 Å². The van der Waals surface area contributed by atoms with E-state index in [4.69, 9.17) is 4.74 Å². The van der Waals surface area contributed by atoms with Crippen molar-refractivity contribution >= 4 is 44.8 Å². The predicted octanol–water partition coefficient (Wildman–Crippen LogP) is 3.24. The number of amides is 2. The Balaban J connectivity index is 1.75. The molecule has 1 atom stereocenters. The van der Waals surface area contributed by atoms with Crippen molar-refractivity contribution in [2.45, 2.75) is 35.3 Å². The van der Waals surface area contributed by atoms with Crippen LogP contribution in [0.4, 0.5) is 11.4 Å². The number of anilines is 2. The van der Waals surface area contributed by atoms with Crippen molar-refractivity contribution in [1.82, 2.24) is 0 Å². The number of fused-ring (bicyclic) bond motifs is 1. The number of sulfone groups is 1. The molecule has 0 bridgehead atoms. The number of aryl methyl sites for hydroxylation is 1. The van der Waals surface area contributed by atoms with Crippen LogP contribution in [-0.4, -0.2) is 38.3 Å². The Morgan fingerprint density at radius 2 is 2.03 bits per heavy atom. The van der Waals surface area contributed by atoms with E-state index in [1.54, 1.807) is 18.2 Å². The summed E-state index contributed by atoms with van der Waals surface area (Å²) in [6.45, 7) is 3.38. The highest BCUT2D eigenvalue weighted by Gasteiger charge is 2.28. The van der Waals surface area contributed by atoms with Crippen LogP contribution in [0.25, 0.3) is 0 Å². The number of benzene rings is 2. The fourth-order valence-corrected chi connectivity index (χ4v) is 5.13. The molecule has 7 nitrogen and oxygen atoms in total. The number of methoxy groups -OCH3 is 1. The van der Waals surface area contributed by atoms with E-state index in [-0.39, 0.29) is 17.2 Å². The van der Waals surface area contributed by atoms with Crippen LogP contribution in [0.3, 0.4) is 0 Å². The number of ether oxygens (including phenoxy) is 1. The highest BCUT2D eigenvalue weighted by Crippen LogP contribution is 2.34. The standard InChI is InChI=1S/C20H22N2O5S2/c1-12-4-6-17(27-3)15(8-12)21-19(23)9-13(2)29(25,26)14-5-7-18-16(10-14)22-20(24)11-28-18/h4-8,10,13H,9,11H2,1-3H3,(H,21,23)(H,22,24). The average Bonchev–Trinajstić information content (AvgIpc) is 2.67. The van der Waals surface area contributed by atoms with E-state index in [0.717, 1.165) is 10.5 Å². The van der Waals surface area contributed by atoms with Gasteiger partial charge in [-0.25, -0.2) is 8.42 Å². The van der Waals surface area contributed by atoms with Gasteiger partial charge in [0.2, 0.25) is 11.8 Å². The van der Waals surface area contributed by atoms with Crippen LogP contribution in [0.1, 0.15) is 18.9 Å². The topological polar surface area (TPSA) is 102 Å². The lowest BCUT2D eigenvalue weighted by Gasteiger charge is -2.19. The Hall–Kier alpha value is -2.52. The van der Waals surface area contributed by atoms with Crippen LogP contribution in [-0.2, 0) is 19.4 Å². The number of carbonyl (C=O) groups is 2. The summed E-state index contributed by atoms with van der Waals surface area (Å²) >= 11 is 1.36. The molecule has 1 unspecified atom stereocenters. The lowest BCUT2D eigenvalue weighted by Crippen LogP contribution is -2.25. The molecule has 1 aliphatic rings. The maximum absolute atomic E-state index is 12.9. The van der Waals surface area contributed by atoms with E-state index >= 15 is 0 Å². The van der Waals surface area contributed by atoms with Gasteiger partial charge < -0.3 is 15.4 Å². The molecule has 2 aromatic carbocycles. The van der Waals surface area contributed by atoms with Gasteiger partial charge in [0, 0.05) is 11.3 Å². The lowest BCUT2D eigenvalue weighted by molar-refractivity contribution is -0.116. The summed E-state index contributed by atoms with van der Waals surface area (Å²) in [4.78, 5) is 24.9. The number of thioether (sulfide) groups is 1. The number of carbonyl (C=O) groups excluding carboxylic acids is 2. The molecule has 1 heterocycles. The minimum atomic E-state index is -3.75. The first-order chi connectivity index (χ1) is 13.7. The molecule has 9 heteroatoms. The molecule has 1 aliphatic heterocycles. The van der Waals surface area contributed by atoms with Crippen molar-refractivity contribution in [3.8, 4) is 5.75 Å². The first-order valence-corrected chi connectivity index (χ1v) is 11.5. The minimum Gasteiger partial charge on any atom is -0.495 e. The van der Waals surface area contributed by atoms with Crippen molar-refractivity contribution in [2.24, 2.45) is 0 Å². The highest BCUT2D eigenvalue weighted by molar-refractivity contribution is 8.00. The van der Waals surface area contributed by atoms with Crippen LogP contribution in [0.15, 0.2) is 46.2 Å². The van der Waals surface area contributed by atoms with E-state index in [1.165, 1.54) is 37.9 Å². The molecule has 0 fully saturated rings. The fraction of sp³-hybridized carbons (Fsp3) is 0.300. The SMILES string of the molecule is COc1ccc(C)cc1NC(=O)CC(C)S(=O)(=O)c1ccc2c(c1)NC(=O)CS2. The van der Waals surface area contributed by atoms with Crippen molar-refractivity contribution in [3.63, 3.8) is 0 Å². The molecule has 0 radical (unpaired) electrons. The minimum absolute atomic E-state index is 0.0764. The van der Waals surface area contributed by atoms with Crippen molar-refractivity contribution < 1.29 is 22.7 Å². The molecule has 3 rings (SSSR count). The average molecular weight is 435 g/mol. The summed E-state index contributed by atoms with van der Waals surface area (Å²) in [7, 11) is -2.25. The van der Waals surface area contributed by atoms with Gasteiger partial charge in [-0.3, -0.25) is 9.59 Å². The summed E-state index contributed by atoms with van der Waals surface area (Å²) in [5, 5.41) is 4.47. The van der Waals surface area contributed by atoms with Crippen molar-refractivity contribution in [1.29, 1.82) is 0 Å². The third-order valence-electron chi connectivity index (χ3n) is 4.54. The van der Waals surface area contributed by atoms with Crippen molar-refractivity contribution in [2.75, 3.05) is 23.5 Å². The third kappa shape index (κ3) is 4.73. The van der Waals surface area contributed by atoms with E-state index in [2.05, 4.69) is 10.6 Å². The zero-order chi connectivity index (χ0) is 21.2. The lowest BCUT2D eigenvalue weighted by atomic mass is 10.2. The summed E-state index contributed by atoms with van der Waals surface area (Å²) in [5.41, 5.74) is 1.92. The zero-order valence-corrected chi connectivity index (χ0v) is 17.9. The Morgan fingerprint density at radius 1 is 1.28 bits per heavy atom. The van der Waals surface area contributed by atoms with Crippen LogP contribution < -0.4 is 15.4 Å². The maximum atomic E-state index is 12.9. The van der Waals surface area contributed by atoms with Gasteiger partial charge >= 0.3 is 0 Å². The molecule has 29 heavy (non-hydrogen) atoms.